The van der Waals surface area contributed by atoms with Crippen LogP contribution in [0.15, 0.2) is 6.07 Å². The lowest BCUT2D eigenvalue weighted by Crippen LogP contribution is -2.22. The molecule has 1 heterocycles. The summed E-state index contributed by atoms with van der Waals surface area (Å²) in [5.41, 5.74) is 0.783. The van der Waals surface area contributed by atoms with E-state index in [1.807, 2.05) is 20.8 Å². The van der Waals surface area contributed by atoms with Gasteiger partial charge in [-0.15, -0.1) is 11.6 Å². The highest BCUT2D eigenvalue weighted by Crippen LogP contribution is 2.22. The fourth-order valence-electron chi connectivity index (χ4n) is 1.38. The molecule has 2 N–H and O–H groups in total. The minimum absolute atomic E-state index is 0.00574. The van der Waals surface area contributed by atoms with E-state index in [0.717, 1.165) is 5.69 Å². The Kier molecular flexibility index (Phi) is 4.66. The minimum Gasteiger partial charge on any atom is -0.280 e. The van der Waals surface area contributed by atoms with E-state index in [2.05, 4.69) is 14.9 Å². The SMILES string of the molecule is CC(CCl)CS(=O)(=O)Nc1cc(C(C)(C)C)[nH]n1. The Morgan fingerprint density at radius 1 is 1.50 bits per heavy atom. The molecule has 0 saturated carbocycles. The van der Waals surface area contributed by atoms with Gasteiger partial charge in [0, 0.05) is 23.1 Å². The average molecular weight is 294 g/mol. The van der Waals surface area contributed by atoms with Gasteiger partial charge in [-0.2, -0.15) is 5.10 Å². The summed E-state index contributed by atoms with van der Waals surface area (Å²) in [5, 5.41) is 6.79. The molecule has 104 valence electrons. The van der Waals surface area contributed by atoms with Gasteiger partial charge in [-0.3, -0.25) is 9.82 Å². The third-order valence-electron chi connectivity index (χ3n) is 2.41. The van der Waals surface area contributed by atoms with Gasteiger partial charge in [-0.25, -0.2) is 8.42 Å². The number of aromatic amines is 1. The normalized spacial score (nSPS) is 14.5. The molecule has 0 amide bonds. The first-order chi connectivity index (χ1) is 8.14. The van der Waals surface area contributed by atoms with Crippen LogP contribution in [-0.2, 0) is 15.4 Å². The van der Waals surface area contributed by atoms with Gasteiger partial charge in [0.2, 0.25) is 10.0 Å². The predicted molar refractivity (Wildman–Crippen MR) is 74.6 cm³/mol. The van der Waals surface area contributed by atoms with Gasteiger partial charge in [0.05, 0.1) is 5.75 Å². The molecule has 1 atom stereocenters. The quantitative estimate of drug-likeness (QED) is 0.818. The number of hydrogen-bond donors (Lipinski definition) is 2. The van der Waals surface area contributed by atoms with Crippen LogP contribution < -0.4 is 4.72 Å². The van der Waals surface area contributed by atoms with Gasteiger partial charge in [-0.1, -0.05) is 27.7 Å². The molecule has 5 nitrogen and oxygen atoms in total. The first-order valence-corrected chi connectivity index (χ1v) is 7.95. The van der Waals surface area contributed by atoms with E-state index in [9.17, 15) is 8.42 Å². The van der Waals surface area contributed by atoms with E-state index >= 15 is 0 Å². The van der Waals surface area contributed by atoms with Gasteiger partial charge >= 0.3 is 0 Å². The fraction of sp³-hybridized carbons (Fsp3) is 0.727. The number of aromatic nitrogens is 2. The maximum absolute atomic E-state index is 11.8. The molecule has 0 radical (unpaired) electrons. The summed E-state index contributed by atoms with van der Waals surface area (Å²) in [6.45, 7) is 7.86. The smallest absolute Gasteiger partial charge is 0.234 e. The molecule has 18 heavy (non-hydrogen) atoms. The number of rotatable bonds is 5. The van der Waals surface area contributed by atoms with Crippen molar-refractivity contribution < 1.29 is 8.42 Å². The zero-order valence-electron chi connectivity index (χ0n) is 11.1. The van der Waals surface area contributed by atoms with Crippen LogP contribution in [-0.4, -0.2) is 30.2 Å². The summed E-state index contributed by atoms with van der Waals surface area (Å²) >= 11 is 5.61. The topological polar surface area (TPSA) is 74.8 Å². The lowest BCUT2D eigenvalue weighted by molar-refractivity contribution is 0.567. The van der Waals surface area contributed by atoms with Crippen LogP contribution in [0, 0.1) is 5.92 Å². The Morgan fingerprint density at radius 3 is 2.56 bits per heavy atom. The molecule has 1 aromatic heterocycles. The van der Waals surface area contributed by atoms with Crippen molar-refractivity contribution in [1.29, 1.82) is 0 Å². The number of alkyl halides is 1. The molecule has 0 bridgehead atoms. The number of halogens is 1. The van der Waals surface area contributed by atoms with Crippen LogP contribution in [0.4, 0.5) is 5.82 Å². The summed E-state index contributed by atoms with van der Waals surface area (Å²) < 4.78 is 26.1. The molecule has 0 fully saturated rings. The van der Waals surface area contributed by atoms with Crippen molar-refractivity contribution in [2.24, 2.45) is 5.92 Å². The molecule has 0 aliphatic carbocycles. The molecule has 0 aliphatic heterocycles. The maximum Gasteiger partial charge on any atom is 0.234 e. The van der Waals surface area contributed by atoms with E-state index in [1.54, 1.807) is 13.0 Å². The van der Waals surface area contributed by atoms with E-state index in [-0.39, 0.29) is 17.1 Å². The summed E-state index contributed by atoms with van der Waals surface area (Å²) in [4.78, 5) is 0. The highest BCUT2D eigenvalue weighted by atomic mass is 35.5. The van der Waals surface area contributed by atoms with E-state index < -0.39 is 10.0 Å². The van der Waals surface area contributed by atoms with Gasteiger partial charge in [0.15, 0.2) is 5.82 Å². The third kappa shape index (κ3) is 4.49. The molecule has 1 aromatic rings. The first kappa shape index (κ1) is 15.3. The van der Waals surface area contributed by atoms with Crippen molar-refractivity contribution in [3.05, 3.63) is 11.8 Å². The van der Waals surface area contributed by atoms with E-state index in [1.165, 1.54) is 0 Å². The lowest BCUT2D eigenvalue weighted by atomic mass is 9.92. The van der Waals surface area contributed by atoms with Gasteiger partial charge < -0.3 is 0 Å². The zero-order chi connectivity index (χ0) is 14.0. The standard InChI is InChI=1S/C11H20ClN3O2S/c1-8(6-12)7-18(16,17)15-10-5-9(13-14-10)11(2,3)4/h5,8H,6-7H2,1-4H3,(H2,13,14,15). The number of H-pyrrole nitrogens is 1. The van der Waals surface area contributed by atoms with Gasteiger partial charge in [-0.05, 0) is 5.92 Å². The van der Waals surface area contributed by atoms with Crippen molar-refractivity contribution in [1.82, 2.24) is 10.2 Å². The lowest BCUT2D eigenvalue weighted by Gasteiger charge is -2.14. The highest BCUT2D eigenvalue weighted by Gasteiger charge is 2.20. The van der Waals surface area contributed by atoms with Crippen molar-refractivity contribution in [2.75, 3.05) is 16.4 Å². The van der Waals surface area contributed by atoms with E-state index in [0.29, 0.717) is 11.7 Å². The molecule has 1 unspecified atom stereocenters. The average Bonchev–Trinajstić information content (AvgIpc) is 2.63. The Bertz CT molecular complexity index is 491. The number of nitrogens with one attached hydrogen (secondary N) is 2. The highest BCUT2D eigenvalue weighted by molar-refractivity contribution is 7.92. The van der Waals surface area contributed by atoms with E-state index in [4.69, 9.17) is 11.6 Å². The molecular formula is C11H20ClN3O2S. The summed E-state index contributed by atoms with van der Waals surface area (Å²) in [6, 6.07) is 1.71. The Balaban J connectivity index is 2.76. The number of anilines is 1. The van der Waals surface area contributed by atoms with Crippen molar-refractivity contribution in [3.8, 4) is 0 Å². The molecule has 0 saturated heterocycles. The predicted octanol–water partition coefficient (Wildman–Crippen LogP) is 2.32. The number of hydrogen-bond acceptors (Lipinski definition) is 3. The maximum atomic E-state index is 11.8. The molecule has 7 heteroatoms. The van der Waals surface area contributed by atoms with Crippen molar-refractivity contribution in [2.45, 2.75) is 33.1 Å². The summed E-state index contributed by atoms with van der Waals surface area (Å²) in [7, 11) is -3.40. The second-order valence-electron chi connectivity index (χ2n) is 5.56. The zero-order valence-corrected chi connectivity index (χ0v) is 12.7. The molecule has 0 spiro atoms. The second kappa shape index (κ2) is 5.48. The minimum atomic E-state index is -3.40. The number of nitrogens with zero attached hydrogens (tertiary/aromatic N) is 1. The molecular weight excluding hydrogens is 274 g/mol. The molecule has 0 aromatic carbocycles. The largest absolute Gasteiger partial charge is 0.280 e. The Morgan fingerprint density at radius 2 is 2.11 bits per heavy atom. The van der Waals surface area contributed by atoms with Crippen LogP contribution in [0.2, 0.25) is 0 Å². The number of sulfonamides is 1. The molecule has 1 rings (SSSR count). The van der Waals surface area contributed by atoms with Crippen molar-refractivity contribution in [3.63, 3.8) is 0 Å². The fourth-order valence-corrected chi connectivity index (χ4v) is 2.99. The van der Waals surface area contributed by atoms with Crippen LogP contribution in [0.5, 0.6) is 0 Å². The Hall–Kier alpha value is -0.750. The second-order valence-corrected chi connectivity index (χ2v) is 7.64. The molecule has 0 aliphatic rings. The van der Waals surface area contributed by atoms with Gasteiger partial charge in [0.25, 0.3) is 0 Å². The van der Waals surface area contributed by atoms with Gasteiger partial charge in [0.1, 0.15) is 0 Å². The third-order valence-corrected chi connectivity index (χ3v) is 4.47. The van der Waals surface area contributed by atoms with Crippen LogP contribution >= 0.6 is 11.6 Å². The van der Waals surface area contributed by atoms with Crippen LogP contribution in [0.1, 0.15) is 33.4 Å². The first-order valence-electron chi connectivity index (χ1n) is 5.76. The summed E-state index contributed by atoms with van der Waals surface area (Å²) in [6.07, 6.45) is 0. The van der Waals surface area contributed by atoms with Crippen molar-refractivity contribution >= 4 is 27.4 Å². The monoisotopic (exact) mass is 293 g/mol. The van der Waals surface area contributed by atoms with Crippen LogP contribution in [0.3, 0.4) is 0 Å². The Labute approximate surface area is 113 Å². The summed E-state index contributed by atoms with van der Waals surface area (Å²) in [5.74, 6) is 0.537. The van der Waals surface area contributed by atoms with Crippen LogP contribution in [0.25, 0.3) is 0 Å².